The summed E-state index contributed by atoms with van der Waals surface area (Å²) >= 11 is 0. The smallest absolute Gasteiger partial charge is 0.269 e. The second kappa shape index (κ2) is 5.69. The number of hydrogen-bond acceptors (Lipinski definition) is 4. The molecule has 86 valence electrons. The Morgan fingerprint density at radius 2 is 2.25 bits per heavy atom. The summed E-state index contributed by atoms with van der Waals surface area (Å²) in [4.78, 5) is 26.3. The Balaban J connectivity index is 2.44. The summed E-state index contributed by atoms with van der Waals surface area (Å²) < 4.78 is 0. The van der Waals surface area contributed by atoms with Crippen molar-refractivity contribution in [2.45, 2.75) is 6.42 Å². The van der Waals surface area contributed by atoms with Crippen LogP contribution in [0.15, 0.2) is 18.3 Å². The number of nitrogen functional groups attached to an aromatic ring is 1. The summed E-state index contributed by atoms with van der Waals surface area (Å²) in [7, 11) is 1.55. The minimum atomic E-state index is -0.337. The molecule has 0 atom stereocenters. The highest BCUT2D eigenvalue weighted by molar-refractivity contribution is 5.93. The number of rotatable bonds is 4. The summed E-state index contributed by atoms with van der Waals surface area (Å²) in [6, 6.07) is 3.08. The van der Waals surface area contributed by atoms with Crippen molar-refractivity contribution in [3.63, 3.8) is 0 Å². The first-order valence-corrected chi connectivity index (χ1v) is 4.84. The lowest BCUT2D eigenvalue weighted by molar-refractivity contribution is -0.120. The van der Waals surface area contributed by atoms with Gasteiger partial charge in [-0.3, -0.25) is 14.6 Å². The molecule has 1 heterocycles. The molecular weight excluding hydrogens is 208 g/mol. The fourth-order valence-electron chi connectivity index (χ4n) is 1.08. The molecule has 6 heteroatoms. The van der Waals surface area contributed by atoms with Gasteiger partial charge in [-0.25, -0.2) is 0 Å². The van der Waals surface area contributed by atoms with E-state index in [1.165, 1.54) is 12.3 Å². The molecule has 0 unspecified atom stereocenters. The maximum Gasteiger partial charge on any atom is 0.269 e. The molecule has 4 N–H and O–H groups in total. The van der Waals surface area contributed by atoms with Crippen molar-refractivity contribution >= 4 is 17.5 Å². The van der Waals surface area contributed by atoms with Gasteiger partial charge >= 0.3 is 0 Å². The number of nitrogens with zero attached hydrogens (tertiary/aromatic N) is 1. The number of nitrogens with two attached hydrogens (primary N) is 1. The Morgan fingerprint density at radius 3 is 2.88 bits per heavy atom. The Bertz CT molecular complexity index is 392. The lowest BCUT2D eigenvalue weighted by atomic mass is 10.3. The average Bonchev–Trinajstić information content (AvgIpc) is 2.28. The van der Waals surface area contributed by atoms with E-state index in [0.29, 0.717) is 5.69 Å². The first-order valence-electron chi connectivity index (χ1n) is 4.84. The molecule has 16 heavy (non-hydrogen) atoms. The number of amides is 2. The number of hydrogen-bond donors (Lipinski definition) is 3. The monoisotopic (exact) mass is 222 g/mol. The van der Waals surface area contributed by atoms with E-state index in [9.17, 15) is 9.59 Å². The number of aromatic nitrogens is 1. The van der Waals surface area contributed by atoms with Crippen molar-refractivity contribution in [2.75, 3.05) is 19.3 Å². The third-order valence-corrected chi connectivity index (χ3v) is 1.93. The quantitative estimate of drug-likeness (QED) is 0.641. The van der Waals surface area contributed by atoms with Gasteiger partial charge in [-0.2, -0.15) is 0 Å². The van der Waals surface area contributed by atoms with E-state index >= 15 is 0 Å². The van der Waals surface area contributed by atoms with Crippen molar-refractivity contribution in [3.05, 3.63) is 24.0 Å². The van der Waals surface area contributed by atoms with Gasteiger partial charge in [0.05, 0.1) is 0 Å². The third-order valence-electron chi connectivity index (χ3n) is 1.93. The molecule has 0 saturated carbocycles. The van der Waals surface area contributed by atoms with Gasteiger partial charge in [0, 0.05) is 31.9 Å². The van der Waals surface area contributed by atoms with Gasteiger partial charge in [-0.05, 0) is 12.1 Å². The van der Waals surface area contributed by atoms with Crippen LogP contribution >= 0.6 is 0 Å². The van der Waals surface area contributed by atoms with E-state index in [-0.39, 0.29) is 30.5 Å². The van der Waals surface area contributed by atoms with Crippen LogP contribution in [0.25, 0.3) is 0 Å². The van der Waals surface area contributed by atoms with Gasteiger partial charge in [-0.1, -0.05) is 0 Å². The van der Waals surface area contributed by atoms with Gasteiger partial charge in [0.25, 0.3) is 5.91 Å². The molecule has 0 aromatic carbocycles. The maximum atomic E-state index is 11.5. The SMILES string of the molecule is CNC(=O)CCNC(=O)c1cc(N)ccn1. The lowest BCUT2D eigenvalue weighted by Gasteiger charge is -2.04. The number of anilines is 1. The summed E-state index contributed by atoms with van der Waals surface area (Å²) in [5, 5.41) is 5.04. The fraction of sp³-hybridized carbons (Fsp3) is 0.300. The van der Waals surface area contributed by atoms with Gasteiger partial charge < -0.3 is 16.4 Å². The summed E-state index contributed by atoms with van der Waals surface area (Å²) in [6.45, 7) is 0.273. The van der Waals surface area contributed by atoms with Crippen molar-refractivity contribution < 1.29 is 9.59 Å². The van der Waals surface area contributed by atoms with Gasteiger partial charge in [0.2, 0.25) is 5.91 Å². The Hall–Kier alpha value is -2.11. The molecule has 6 nitrogen and oxygen atoms in total. The van der Waals surface area contributed by atoms with Crippen molar-refractivity contribution in [3.8, 4) is 0 Å². The number of nitrogens with one attached hydrogen (secondary N) is 2. The van der Waals surface area contributed by atoms with E-state index in [0.717, 1.165) is 0 Å². The van der Waals surface area contributed by atoms with E-state index in [1.807, 2.05) is 0 Å². The van der Waals surface area contributed by atoms with Crippen LogP contribution in [-0.4, -0.2) is 30.4 Å². The van der Waals surface area contributed by atoms with Crippen LogP contribution in [0.1, 0.15) is 16.9 Å². The van der Waals surface area contributed by atoms with Gasteiger partial charge in [0.1, 0.15) is 5.69 Å². The topological polar surface area (TPSA) is 97.1 Å². The third kappa shape index (κ3) is 3.56. The van der Waals surface area contributed by atoms with E-state index < -0.39 is 0 Å². The van der Waals surface area contributed by atoms with Gasteiger partial charge in [0.15, 0.2) is 0 Å². The highest BCUT2D eigenvalue weighted by Crippen LogP contribution is 2.02. The maximum absolute atomic E-state index is 11.5. The number of carbonyl (C=O) groups excluding carboxylic acids is 2. The van der Waals surface area contributed by atoms with E-state index in [2.05, 4.69) is 15.6 Å². The summed E-state index contributed by atoms with van der Waals surface area (Å²) in [5.41, 5.74) is 6.24. The Labute approximate surface area is 93.2 Å². The molecule has 0 aliphatic rings. The molecule has 0 fully saturated rings. The largest absolute Gasteiger partial charge is 0.399 e. The second-order valence-corrected chi connectivity index (χ2v) is 3.15. The minimum Gasteiger partial charge on any atom is -0.399 e. The van der Waals surface area contributed by atoms with Crippen molar-refractivity contribution in [1.82, 2.24) is 15.6 Å². The zero-order chi connectivity index (χ0) is 12.0. The first kappa shape index (κ1) is 12.0. The predicted molar refractivity (Wildman–Crippen MR) is 59.7 cm³/mol. The molecule has 0 radical (unpaired) electrons. The Morgan fingerprint density at radius 1 is 1.50 bits per heavy atom. The van der Waals surface area contributed by atoms with Crippen molar-refractivity contribution in [2.24, 2.45) is 0 Å². The zero-order valence-corrected chi connectivity index (χ0v) is 8.99. The van der Waals surface area contributed by atoms with E-state index in [1.54, 1.807) is 13.1 Å². The van der Waals surface area contributed by atoms with Crippen LogP contribution < -0.4 is 16.4 Å². The van der Waals surface area contributed by atoms with Gasteiger partial charge in [-0.15, -0.1) is 0 Å². The zero-order valence-electron chi connectivity index (χ0n) is 8.99. The molecule has 0 spiro atoms. The fourth-order valence-corrected chi connectivity index (χ4v) is 1.08. The highest BCUT2D eigenvalue weighted by Gasteiger charge is 2.07. The van der Waals surface area contributed by atoms with Crippen molar-refractivity contribution in [1.29, 1.82) is 0 Å². The Kier molecular flexibility index (Phi) is 4.26. The molecule has 1 aromatic rings. The van der Waals surface area contributed by atoms with Crippen LogP contribution in [0.2, 0.25) is 0 Å². The number of pyridine rings is 1. The van der Waals surface area contributed by atoms with E-state index in [4.69, 9.17) is 5.73 Å². The van der Waals surface area contributed by atoms with Crippen LogP contribution in [-0.2, 0) is 4.79 Å². The normalized spacial score (nSPS) is 9.56. The molecule has 0 bridgehead atoms. The first-order chi connectivity index (χ1) is 7.63. The van der Waals surface area contributed by atoms with Crippen LogP contribution in [0.3, 0.4) is 0 Å². The van der Waals surface area contributed by atoms with Crippen LogP contribution in [0.5, 0.6) is 0 Å². The minimum absolute atomic E-state index is 0.124. The highest BCUT2D eigenvalue weighted by atomic mass is 16.2. The predicted octanol–water partition coefficient (Wildman–Crippen LogP) is -0.470. The molecule has 0 saturated heterocycles. The molecule has 2 amide bonds. The molecule has 1 aromatic heterocycles. The summed E-state index contributed by atoms with van der Waals surface area (Å²) in [5.74, 6) is -0.461. The molecule has 0 aliphatic carbocycles. The summed E-state index contributed by atoms with van der Waals surface area (Å²) in [6.07, 6.45) is 1.70. The van der Waals surface area contributed by atoms with Crippen LogP contribution in [0, 0.1) is 0 Å². The molecule has 0 aliphatic heterocycles. The molecule has 1 rings (SSSR count). The lowest BCUT2D eigenvalue weighted by Crippen LogP contribution is -2.29. The average molecular weight is 222 g/mol. The standard InChI is InChI=1S/C10H14N4O2/c1-12-9(15)3-5-14-10(16)8-6-7(11)2-4-13-8/h2,4,6H,3,5H2,1H3,(H2,11,13)(H,12,15)(H,14,16). The van der Waals surface area contributed by atoms with Crippen LogP contribution in [0.4, 0.5) is 5.69 Å². The second-order valence-electron chi connectivity index (χ2n) is 3.15. The number of carbonyl (C=O) groups is 2. The molecular formula is C10H14N4O2.